The molecule has 1 aliphatic heterocycles. The summed E-state index contributed by atoms with van der Waals surface area (Å²) in [6.45, 7) is -0.444. The molecule has 4 nitrogen and oxygen atoms in total. The number of hydrogen-bond acceptors (Lipinski definition) is 3. The molecule has 1 atom stereocenters. The summed E-state index contributed by atoms with van der Waals surface area (Å²) < 4.78 is 59.4. The number of rotatable bonds is 8. The van der Waals surface area contributed by atoms with Crippen LogP contribution < -0.4 is 5.32 Å². The lowest BCUT2D eigenvalue weighted by Gasteiger charge is -2.15. The largest absolute Gasteiger partial charge is 0.376 e. The van der Waals surface area contributed by atoms with Gasteiger partial charge in [-0.15, -0.1) is 0 Å². The van der Waals surface area contributed by atoms with Gasteiger partial charge in [0.1, 0.15) is 6.61 Å². The molecule has 0 saturated carbocycles. The third-order valence-electron chi connectivity index (χ3n) is 3.61. The van der Waals surface area contributed by atoms with E-state index in [1.165, 1.54) is 24.3 Å². The van der Waals surface area contributed by atoms with Crippen molar-refractivity contribution >= 4 is 5.91 Å². The van der Waals surface area contributed by atoms with Crippen molar-refractivity contribution < 1.29 is 31.8 Å². The molecule has 1 saturated heterocycles. The molecule has 0 unspecified atom stereocenters. The minimum Gasteiger partial charge on any atom is -0.376 e. The van der Waals surface area contributed by atoms with Crippen molar-refractivity contribution in [3.63, 3.8) is 0 Å². The van der Waals surface area contributed by atoms with Gasteiger partial charge in [-0.3, -0.25) is 4.79 Å². The van der Waals surface area contributed by atoms with Crippen LogP contribution in [0, 0.1) is 0 Å². The quantitative estimate of drug-likeness (QED) is 0.734. The number of carbonyl (C=O) groups excluding carboxylic acids is 1. The van der Waals surface area contributed by atoms with E-state index in [0.717, 1.165) is 12.8 Å². The van der Waals surface area contributed by atoms with Crippen LogP contribution in [0.25, 0.3) is 0 Å². The fraction of sp³-hybridized carbons (Fsp3) is 0.562. The highest BCUT2D eigenvalue weighted by Gasteiger charge is 2.40. The highest BCUT2D eigenvalue weighted by molar-refractivity contribution is 5.94. The lowest BCUT2D eigenvalue weighted by atomic mass is 10.1. The fourth-order valence-electron chi connectivity index (χ4n) is 2.23. The molecule has 0 aliphatic carbocycles. The molecule has 0 spiro atoms. The third-order valence-corrected chi connectivity index (χ3v) is 3.61. The summed E-state index contributed by atoms with van der Waals surface area (Å²) in [6.07, 6.45) is -1.81. The van der Waals surface area contributed by atoms with Crippen molar-refractivity contribution in [1.82, 2.24) is 5.32 Å². The van der Waals surface area contributed by atoms with Crippen LogP contribution in [0.2, 0.25) is 0 Å². The topological polar surface area (TPSA) is 47.6 Å². The van der Waals surface area contributed by atoms with Crippen molar-refractivity contribution in [3.05, 3.63) is 35.4 Å². The van der Waals surface area contributed by atoms with E-state index in [1.54, 1.807) is 0 Å². The molecule has 0 radical (unpaired) electrons. The maximum Gasteiger partial charge on any atom is 0.330 e. The number of alkyl halides is 4. The Morgan fingerprint density at radius 3 is 2.62 bits per heavy atom. The van der Waals surface area contributed by atoms with Gasteiger partial charge in [0.2, 0.25) is 0 Å². The second-order valence-electron chi connectivity index (χ2n) is 5.60. The van der Waals surface area contributed by atoms with Crippen LogP contribution in [0.1, 0.15) is 28.8 Å². The van der Waals surface area contributed by atoms with Crippen LogP contribution in [0.4, 0.5) is 17.6 Å². The summed E-state index contributed by atoms with van der Waals surface area (Å²) in [5, 5.41) is 2.76. The summed E-state index contributed by atoms with van der Waals surface area (Å²) >= 11 is 0. The first-order valence-corrected chi connectivity index (χ1v) is 7.61. The highest BCUT2D eigenvalue weighted by Crippen LogP contribution is 2.23. The molecule has 1 heterocycles. The molecule has 0 aromatic heterocycles. The molecule has 2 rings (SSSR count). The number of nitrogens with one attached hydrogen (secondary N) is 1. The Kier molecular flexibility index (Phi) is 6.56. The van der Waals surface area contributed by atoms with E-state index in [2.05, 4.69) is 10.1 Å². The van der Waals surface area contributed by atoms with Gasteiger partial charge in [0.25, 0.3) is 5.91 Å². The third kappa shape index (κ3) is 5.45. The number of amides is 1. The van der Waals surface area contributed by atoms with Crippen LogP contribution >= 0.6 is 0 Å². The van der Waals surface area contributed by atoms with E-state index < -0.39 is 19.0 Å². The minimum absolute atomic E-state index is 0.0399. The van der Waals surface area contributed by atoms with Crippen molar-refractivity contribution in [2.24, 2.45) is 0 Å². The summed E-state index contributed by atoms with van der Waals surface area (Å²) in [5.41, 5.74) is 0.922. The number of carbonyl (C=O) groups is 1. The molecular weight excluding hydrogens is 330 g/mol. The monoisotopic (exact) mass is 349 g/mol. The molecule has 134 valence electrons. The Hall–Kier alpha value is -1.67. The Bertz CT molecular complexity index is 531. The maximum atomic E-state index is 12.7. The van der Waals surface area contributed by atoms with E-state index in [1.807, 2.05) is 0 Å². The Balaban J connectivity index is 1.76. The zero-order chi connectivity index (χ0) is 17.6. The van der Waals surface area contributed by atoms with E-state index in [9.17, 15) is 22.4 Å². The van der Waals surface area contributed by atoms with E-state index in [4.69, 9.17) is 4.74 Å². The number of ether oxygens (including phenoxy) is 2. The SMILES string of the molecule is O=C(NC[C@H]1CCCO1)c1ccc(COCC(F)(F)C(F)F)cc1. The number of benzene rings is 1. The molecule has 1 aliphatic rings. The van der Waals surface area contributed by atoms with Gasteiger partial charge in [0.15, 0.2) is 0 Å². The van der Waals surface area contributed by atoms with Crippen LogP contribution in [0.5, 0.6) is 0 Å². The van der Waals surface area contributed by atoms with Gasteiger partial charge >= 0.3 is 12.3 Å². The van der Waals surface area contributed by atoms with E-state index in [0.29, 0.717) is 24.3 Å². The fourth-order valence-corrected chi connectivity index (χ4v) is 2.23. The van der Waals surface area contributed by atoms with E-state index >= 15 is 0 Å². The molecule has 1 aromatic rings. The van der Waals surface area contributed by atoms with Gasteiger partial charge in [0, 0.05) is 18.7 Å². The van der Waals surface area contributed by atoms with Crippen molar-refractivity contribution in [1.29, 1.82) is 0 Å². The smallest absolute Gasteiger partial charge is 0.330 e. The summed E-state index contributed by atoms with van der Waals surface area (Å²) in [4.78, 5) is 12.0. The predicted octanol–water partition coefficient (Wildman–Crippen LogP) is 3.01. The van der Waals surface area contributed by atoms with Gasteiger partial charge in [-0.05, 0) is 30.5 Å². The van der Waals surface area contributed by atoms with Gasteiger partial charge in [-0.25, -0.2) is 8.78 Å². The minimum atomic E-state index is -4.16. The first-order valence-electron chi connectivity index (χ1n) is 7.61. The van der Waals surface area contributed by atoms with Gasteiger partial charge < -0.3 is 14.8 Å². The molecule has 8 heteroatoms. The summed E-state index contributed by atoms with van der Waals surface area (Å²) in [6, 6.07) is 6.10. The molecule has 1 N–H and O–H groups in total. The van der Waals surface area contributed by atoms with Crippen molar-refractivity contribution in [3.8, 4) is 0 Å². The standard InChI is InChI=1S/C16H19F4NO3/c17-15(18)16(19,20)10-23-9-11-3-5-12(6-4-11)14(22)21-8-13-2-1-7-24-13/h3-6,13,15H,1-2,7-10H2,(H,21,22)/t13-/m1/s1. The molecule has 1 amide bonds. The lowest BCUT2D eigenvalue weighted by Crippen LogP contribution is -2.32. The summed E-state index contributed by atoms with van der Waals surface area (Å²) in [7, 11) is 0. The summed E-state index contributed by atoms with van der Waals surface area (Å²) in [5.74, 6) is -4.43. The Labute approximate surface area is 137 Å². The normalized spacial score (nSPS) is 18.1. The van der Waals surface area contributed by atoms with Crippen LogP contribution in [0.15, 0.2) is 24.3 Å². The first kappa shape index (κ1) is 18.7. The second kappa shape index (κ2) is 8.43. The second-order valence-corrected chi connectivity index (χ2v) is 5.60. The van der Waals surface area contributed by atoms with Gasteiger partial charge in [0.05, 0.1) is 12.7 Å². The van der Waals surface area contributed by atoms with Gasteiger partial charge in [-0.2, -0.15) is 8.78 Å². The predicted molar refractivity (Wildman–Crippen MR) is 78.4 cm³/mol. The molecule has 0 bridgehead atoms. The van der Waals surface area contributed by atoms with Crippen LogP contribution in [-0.2, 0) is 16.1 Å². The Morgan fingerprint density at radius 1 is 1.33 bits per heavy atom. The maximum absolute atomic E-state index is 12.7. The van der Waals surface area contributed by atoms with Crippen LogP contribution in [0.3, 0.4) is 0 Å². The lowest BCUT2D eigenvalue weighted by molar-refractivity contribution is -0.168. The number of halogens is 4. The molecule has 1 aromatic carbocycles. The average Bonchev–Trinajstić information content (AvgIpc) is 3.06. The Morgan fingerprint density at radius 2 is 2.04 bits per heavy atom. The molecule has 1 fully saturated rings. The molecule has 24 heavy (non-hydrogen) atoms. The zero-order valence-corrected chi connectivity index (χ0v) is 12.9. The van der Waals surface area contributed by atoms with Crippen molar-refractivity contribution in [2.75, 3.05) is 19.8 Å². The van der Waals surface area contributed by atoms with Gasteiger partial charge in [-0.1, -0.05) is 12.1 Å². The van der Waals surface area contributed by atoms with Crippen molar-refractivity contribution in [2.45, 2.75) is 37.9 Å². The number of hydrogen-bond donors (Lipinski definition) is 1. The first-order chi connectivity index (χ1) is 11.4. The van der Waals surface area contributed by atoms with E-state index in [-0.39, 0.29) is 18.6 Å². The van der Waals surface area contributed by atoms with Crippen LogP contribution in [-0.4, -0.2) is 44.1 Å². The zero-order valence-electron chi connectivity index (χ0n) is 12.9. The highest BCUT2D eigenvalue weighted by atomic mass is 19.3. The molecular formula is C16H19F4NO3. The average molecular weight is 349 g/mol.